The van der Waals surface area contributed by atoms with Gasteiger partial charge in [-0.3, -0.25) is 4.79 Å². The third kappa shape index (κ3) is 3.64. The molecule has 2 heterocycles. The van der Waals surface area contributed by atoms with Crippen LogP contribution in [0.5, 0.6) is 5.88 Å². The van der Waals surface area contributed by atoms with Gasteiger partial charge in [0.05, 0.1) is 6.04 Å². The van der Waals surface area contributed by atoms with Crippen LogP contribution in [0.15, 0.2) is 54.7 Å². The highest BCUT2D eigenvalue weighted by molar-refractivity contribution is 5.96. The number of benzene rings is 2. The number of aromatic nitrogens is 1. The highest BCUT2D eigenvalue weighted by Crippen LogP contribution is 2.25. The Kier molecular flexibility index (Phi) is 4.77. The van der Waals surface area contributed by atoms with E-state index in [0.717, 1.165) is 29.6 Å². The molecule has 1 aliphatic heterocycles. The number of hydrogen-bond acceptors (Lipinski definition) is 4. The first kappa shape index (κ1) is 17.5. The number of hydrogen-bond donors (Lipinski definition) is 2. The normalized spacial score (nSPS) is 15.2. The second-order valence-electron chi connectivity index (χ2n) is 7.00. The molecule has 5 nitrogen and oxygen atoms in total. The van der Waals surface area contributed by atoms with Crippen LogP contribution in [-0.4, -0.2) is 30.1 Å². The van der Waals surface area contributed by atoms with Crippen molar-refractivity contribution >= 4 is 16.7 Å². The average Bonchev–Trinajstić information content (AvgIpc) is 2.65. The fourth-order valence-electron chi connectivity index (χ4n) is 3.31. The first-order chi connectivity index (χ1) is 13.1. The lowest BCUT2D eigenvalue weighted by molar-refractivity contribution is 0.0937. The van der Waals surface area contributed by atoms with Gasteiger partial charge in [0, 0.05) is 30.9 Å². The van der Waals surface area contributed by atoms with Crippen molar-refractivity contribution < 1.29 is 9.53 Å². The number of nitrogens with one attached hydrogen (secondary N) is 2. The Balaban J connectivity index is 1.55. The molecule has 0 radical (unpaired) electrons. The van der Waals surface area contributed by atoms with Gasteiger partial charge in [0.2, 0.25) is 5.88 Å². The summed E-state index contributed by atoms with van der Waals surface area (Å²) in [6, 6.07) is 16.0. The number of nitrogens with zero attached hydrogens (tertiary/aromatic N) is 1. The average molecular weight is 361 g/mol. The molecule has 2 N–H and O–H groups in total. The maximum atomic E-state index is 12.9. The largest absolute Gasteiger partial charge is 0.472 e. The third-order valence-electron chi connectivity index (χ3n) is 4.99. The topological polar surface area (TPSA) is 63.2 Å². The lowest BCUT2D eigenvalue weighted by Crippen LogP contribution is -2.50. The molecule has 0 bridgehead atoms. The van der Waals surface area contributed by atoms with Gasteiger partial charge < -0.3 is 15.4 Å². The van der Waals surface area contributed by atoms with E-state index in [4.69, 9.17) is 4.74 Å². The molecule has 0 saturated carbocycles. The second-order valence-corrected chi connectivity index (χ2v) is 7.00. The van der Waals surface area contributed by atoms with Gasteiger partial charge in [-0.25, -0.2) is 4.98 Å². The van der Waals surface area contributed by atoms with Gasteiger partial charge in [-0.15, -0.1) is 0 Å². The van der Waals surface area contributed by atoms with E-state index >= 15 is 0 Å². The van der Waals surface area contributed by atoms with Gasteiger partial charge >= 0.3 is 0 Å². The van der Waals surface area contributed by atoms with Crippen molar-refractivity contribution in [1.29, 1.82) is 0 Å². The summed E-state index contributed by atoms with van der Waals surface area (Å²) in [5, 5.41) is 8.60. The molecular formula is C22H23N3O2. The Morgan fingerprint density at radius 3 is 2.78 bits per heavy atom. The van der Waals surface area contributed by atoms with E-state index in [0.29, 0.717) is 11.4 Å². The van der Waals surface area contributed by atoms with Crippen LogP contribution in [-0.2, 0) is 0 Å². The number of carbonyl (C=O) groups excluding carboxylic acids is 1. The van der Waals surface area contributed by atoms with E-state index in [1.807, 2.05) is 32.0 Å². The Labute approximate surface area is 158 Å². The molecule has 138 valence electrons. The number of amides is 1. The summed E-state index contributed by atoms with van der Waals surface area (Å²) in [7, 11) is 0. The van der Waals surface area contributed by atoms with Crippen molar-refractivity contribution in [2.45, 2.75) is 26.0 Å². The molecule has 1 aromatic heterocycles. The molecule has 1 saturated heterocycles. The summed E-state index contributed by atoms with van der Waals surface area (Å²) in [6.45, 7) is 5.53. The summed E-state index contributed by atoms with van der Waals surface area (Å²) in [4.78, 5) is 17.2. The van der Waals surface area contributed by atoms with E-state index in [1.165, 1.54) is 5.39 Å². The van der Waals surface area contributed by atoms with Crippen molar-refractivity contribution in [3.63, 3.8) is 0 Å². The van der Waals surface area contributed by atoms with Crippen LogP contribution >= 0.6 is 0 Å². The highest BCUT2D eigenvalue weighted by atomic mass is 16.5. The molecule has 5 heteroatoms. The van der Waals surface area contributed by atoms with Crippen LogP contribution in [0, 0.1) is 6.92 Å². The predicted molar refractivity (Wildman–Crippen MR) is 106 cm³/mol. The van der Waals surface area contributed by atoms with E-state index in [1.54, 1.807) is 12.3 Å². The maximum absolute atomic E-state index is 12.9. The van der Waals surface area contributed by atoms with Crippen molar-refractivity contribution in [1.82, 2.24) is 15.6 Å². The zero-order chi connectivity index (χ0) is 18.8. The van der Waals surface area contributed by atoms with E-state index in [2.05, 4.69) is 39.9 Å². The first-order valence-electron chi connectivity index (χ1n) is 9.24. The Hall–Kier alpha value is -2.92. The Bertz CT molecular complexity index is 977. The van der Waals surface area contributed by atoms with Crippen LogP contribution in [0.25, 0.3) is 10.8 Å². The minimum Gasteiger partial charge on any atom is -0.472 e. The monoisotopic (exact) mass is 361 g/mol. The summed E-state index contributed by atoms with van der Waals surface area (Å²) < 4.78 is 5.79. The number of carbonyl (C=O) groups is 1. The molecule has 1 amide bonds. The van der Waals surface area contributed by atoms with Gasteiger partial charge in [0.15, 0.2) is 0 Å². The summed E-state index contributed by atoms with van der Waals surface area (Å²) in [5.74, 6) is 0.377. The molecule has 3 aromatic rings. The molecule has 0 spiro atoms. The predicted octanol–water partition coefficient (Wildman–Crippen LogP) is 3.38. The molecule has 1 aliphatic rings. The van der Waals surface area contributed by atoms with Crippen LogP contribution in [0.2, 0.25) is 0 Å². The molecule has 0 aliphatic carbocycles. The zero-order valence-corrected chi connectivity index (χ0v) is 15.5. The molecule has 2 aromatic carbocycles. The van der Waals surface area contributed by atoms with Gasteiger partial charge in [0.1, 0.15) is 6.10 Å². The Morgan fingerprint density at radius 2 is 2.00 bits per heavy atom. The molecule has 0 unspecified atom stereocenters. The van der Waals surface area contributed by atoms with Crippen LogP contribution in [0.3, 0.4) is 0 Å². The maximum Gasteiger partial charge on any atom is 0.252 e. The van der Waals surface area contributed by atoms with Crippen LogP contribution < -0.4 is 15.4 Å². The lowest BCUT2D eigenvalue weighted by Gasteiger charge is -2.27. The van der Waals surface area contributed by atoms with Gasteiger partial charge in [-0.2, -0.15) is 0 Å². The summed E-state index contributed by atoms with van der Waals surface area (Å²) in [5.41, 5.74) is 2.53. The van der Waals surface area contributed by atoms with Crippen molar-refractivity contribution in [3.8, 4) is 5.88 Å². The third-order valence-corrected chi connectivity index (χ3v) is 4.99. The molecular weight excluding hydrogens is 338 g/mol. The first-order valence-corrected chi connectivity index (χ1v) is 9.24. The minimum absolute atomic E-state index is 0.114. The van der Waals surface area contributed by atoms with Gasteiger partial charge in [0.25, 0.3) is 5.91 Å². The Morgan fingerprint density at radius 1 is 1.22 bits per heavy atom. The van der Waals surface area contributed by atoms with Crippen LogP contribution in [0.4, 0.5) is 0 Å². The second kappa shape index (κ2) is 7.37. The summed E-state index contributed by atoms with van der Waals surface area (Å²) >= 11 is 0. The van der Waals surface area contributed by atoms with Crippen molar-refractivity contribution in [3.05, 3.63) is 71.4 Å². The number of rotatable bonds is 5. The van der Waals surface area contributed by atoms with Crippen molar-refractivity contribution in [2.75, 3.05) is 13.1 Å². The lowest BCUT2D eigenvalue weighted by atomic mass is 9.99. The standard InChI is InChI=1S/C22H23N3O2/c1-14-11-24-21(27-17-12-23-13-17)10-20(14)22(26)25-15(2)18-9-5-7-16-6-3-4-8-19(16)18/h3-11,15,17,23H,12-13H2,1-2H3,(H,25,26)/t15-/m1/s1. The number of aryl methyl sites for hydroxylation is 1. The fourth-order valence-corrected chi connectivity index (χ4v) is 3.31. The van der Waals surface area contributed by atoms with Crippen LogP contribution in [0.1, 0.15) is 34.5 Å². The molecule has 1 fully saturated rings. The molecule has 27 heavy (non-hydrogen) atoms. The van der Waals surface area contributed by atoms with E-state index in [-0.39, 0.29) is 18.1 Å². The van der Waals surface area contributed by atoms with Gasteiger partial charge in [-0.1, -0.05) is 42.5 Å². The minimum atomic E-state index is -0.119. The SMILES string of the molecule is Cc1cnc(OC2CNC2)cc1C(=O)N[C@H](C)c1cccc2ccccc12. The van der Waals surface area contributed by atoms with E-state index in [9.17, 15) is 4.79 Å². The number of pyridine rings is 1. The van der Waals surface area contributed by atoms with Gasteiger partial charge in [-0.05, 0) is 35.7 Å². The van der Waals surface area contributed by atoms with E-state index < -0.39 is 0 Å². The zero-order valence-electron chi connectivity index (χ0n) is 15.5. The smallest absolute Gasteiger partial charge is 0.252 e. The quantitative estimate of drug-likeness (QED) is 0.731. The fraction of sp³-hybridized carbons (Fsp3) is 0.273. The summed E-state index contributed by atoms with van der Waals surface area (Å²) in [6.07, 6.45) is 1.82. The molecule has 4 rings (SSSR count). The molecule has 1 atom stereocenters. The number of ether oxygens (including phenoxy) is 1. The highest BCUT2D eigenvalue weighted by Gasteiger charge is 2.21. The number of fused-ring (bicyclic) bond motifs is 1. The van der Waals surface area contributed by atoms with Crippen molar-refractivity contribution in [2.24, 2.45) is 0 Å².